The minimum atomic E-state index is 0.625. The maximum atomic E-state index is 5.16. The molecule has 0 atom stereocenters. The minimum Gasteiger partial charge on any atom is -0.208 e. The van der Waals surface area contributed by atoms with E-state index < -0.39 is 0 Å². The molecule has 0 bridgehead atoms. The van der Waals surface area contributed by atoms with E-state index in [9.17, 15) is 0 Å². The van der Waals surface area contributed by atoms with Gasteiger partial charge in [0.2, 0.25) is 0 Å². The Bertz CT molecular complexity index is 2160. The summed E-state index contributed by atoms with van der Waals surface area (Å²) in [5.41, 5.74) is 11.8. The van der Waals surface area contributed by atoms with Crippen LogP contribution < -0.4 is 0 Å². The van der Waals surface area contributed by atoms with E-state index in [1.165, 1.54) is 0 Å². The molecule has 8 aromatic rings. The minimum absolute atomic E-state index is 0.625. The Hall–Kier alpha value is -6.45. The lowest BCUT2D eigenvalue weighted by Crippen LogP contribution is -2.01. The molecular weight excluding hydrogens is 583 g/mol. The Morgan fingerprint density at radius 3 is 0.812 bits per heavy atom. The van der Waals surface area contributed by atoms with Gasteiger partial charge in [0.15, 0.2) is 17.5 Å². The van der Waals surface area contributed by atoms with Gasteiger partial charge in [0.1, 0.15) is 0 Å². The molecule has 3 nitrogen and oxygen atoms in total. The summed E-state index contributed by atoms with van der Waals surface area (Å²) in [7, 11) is 0. The number of hydrogen-bond donors (Lipinski definition) is 0. The molecule has 0 fully saturated rings. The molecule has 0 N–H and O–H groups in total. The van der Waals surface area contributed by atoms with Crippen LogP contribution in [0.25, 0.3) is 78.7 Å². The fraction of sp³-hybridized carbons (Fsp3) is 0. The van der Waals surface area contributed by atoms with Gasteiger partial charge < -0.3 is 0 Å². The summed E-state index contributed by atoms with van der Waals surface area (Å²) in [6, 6.07) is 65.2. The van der Waals surface area contributed by atoms with Crippen LogP contribution in [0, 0.1) is 0 Å². The van der Waals surface area contributed by atoms with Crippen LogP contribution in [0.1, 0.15) is 0 Å². The molecule has 1 aromatic heterocycles. The third-order valence-corrected chi connectivity index (χ3v) is 8.50. The summed E-state index contributed by atoms with van der Waals surface area (Å²) in [4.78, 5) is 15.4. The van der Waals surface area contributed by atoms with Gasteiger partial charge in [-0.2, -0.15) is 0 Å². The van der Waals surface area contributed by atoms with Crippen molar-refractivity contribution >= 4 is 0 Å². The van der Waals surface area contributed by atoms with Gasteiger partial charge in [0, 0.05) is 16.7 Å². The second-order valence-electron chi connectivity index (χ2n) is 11.7. The second-order valence-corrected chi connectivity index (χ2v) is 11.7. The van der Waals surface area contributed by atoms with Crippen molar-refractivity contribution in [2.45, 2.75) is 0 Å². The van der Waals surface area contributed by atoms with Crippen molar-refractivity contribution < 1.29 is 0 Å². The monoisotopic (exact) mass is 613 g/mol. The standard InChI is InChI=1S/C45H31N3/c1-5-15-32(16-6-1)36-23-13-25-38(27-36)43-46-44(39-26-14-24-37(28-39)33-17-7-2-8-18-33)48-45(47-43)42-30-40(34-19-9-3-10-20-34)29-41(31-42)35-21-11-4-12-22-35/h1-31H. The van der Waals surface area contributed by atoms with E-state index in [2.05, 4.69) is 164 Å². The third kappa shape index (κ3) is 6.18. The molecule has 0 aliphatic heterocycles. The zero-order valence-electron chi connectivity index (χ0n) is 26.2. The maximum absolute atomic E-state index is 5.16. The van der Waals surface area contributed by atoms with Gasteiger partial charge in [0.25, 0.3) is 0 Å². The van der Waals surface area contributed by atoms with Crippen LogP contribution in [0.5, 0.6) is 0 Å². The van der Waals surface area contributed by atoms with Crippen molar-refractivity contribution in [3.8, 4) is 78.7 Å². The van der Waals surface area contributed by atoms with Crippen molar-refractivity contribution in [2.24, 2.45) is 0 Å². The molecule has 48 heavy (non-hydrogen) atoms. The van der Waals surface area contributed by atoms with Crippen LogP contribution in [0.4, 0.5) is 0 Å². The Kier molecular flexibility index (Phi) is 7.92. The summed E-state index contributed by atoms with van der Waals surface area (Å²) in [5, 5.41) is 0. The molecule has 7 aromatic carbocycles. The molecule has 0 spiro atoms. The van der Waals surface area contributed by atoms with Crippen LogP contribution >= 0.6 is 0 Å². The van der Waals surface area contributed by atoms with Crippen LogP contribution in [0.3, 0.4) is 0 Å². The highest BCUT2D eigenvalue weighted by atomic mass is 15.0. The molecule has 0 amide bonds. The van der Waals surface area contributed by atoms with E-state index in [0.717, 1.165) is 61.2 Å². The van der Waals surface area contributed by atoms with Gasteiger partial charge in [0.05, 0.1) is 0 Å². The van der Waals surface area contributed by atoms with Crippen molar-refractivity contribution in [3.63, 3.8) is 0 Å². The first-order chi connectivity index (χ1) is 23.8. The quantitative estimate of drug-likeness (QED) is 0.179. The summed E-state index contributed by atoms with van der Waals surface area (Å²) in [6.45, 7) is 0. The largest absolute Gasteiger partial charge is 0.208 e. The third-order valence-electron chi connectivity index (χ3n) is 8.50. The fourth-order valence-corrected chi connectivity index (χ4v) is 6.05. The zero-order chi connectivity index (χ0) is 32.1. The molecule has 3 heteroatoms. The molecule has 0 saturated heterocycles. The number of nitrogens with zero attached hydrogens (tertiary/aromatic N) is 3. The topological polar surface area (TPSA) is 38.7 Å². The first-order valence-electron chi connectivity index (χ1n) is 16.1. The van der Waals surface area contributed by atoms with E-state index in [-0.39, 0.29) is 0 Å². The van der Waals surface area contributed by atoms with Gasteiger partial charge in [-0.25, -0.2) is 15.0 Å². The average molecular weight is 614 g/mol. The highest BCUT2D eigenvalue weighted by Crippen LogP contribution is 2.34. The summed E-state index contributed by atoms with van der Waals surface area (Å²) >= 11 is 0. The summed E-state index contributed by atoms with van der Waals surface area (Å²) in [6.07, 6.45) is 0. The van der Waals surface area contributed by atoms with E-state index in [1.807, 2.05) is 24.3 Å². The molecule has 226 valence electrons. The lowest BCUT2D eigenvalue weighted by Gasteiger charge is -2.13. The molecule has 0 saturated carbocycles. The molecule has 0 radical (unpaired) electrons. The molecule has 8 rings (SSSR count). The van der Waals surface area contributed by atoms with Gasteiger partial charge in [-0.3, -0.25) is 0 Å². The predicted molar refractivity (Wildman–Crippen MR) is 198 cm³/mol. The Morgan fingerprint density at radius 1 is 0.188 bits per heavy atom. The van der Waals surface area contributed by atoms with Crippen molar-refractivity contribution in [1.29, 1.82) is 0 Å². The lowest BCUT2D eigenvalue weighted by atomic mass is 9.95. The van der Waals surface area contributed by atoms with Crippen LogP contribution in [-0.2, 0) is 0 Å². The van der Waals surface area contributed by atoms with E-state index in [1.54, 1.807) is 0 Å². The van der Waals surface area contributed by atoms with Crippen molar-refractivity contribution in [1.82, 2.24) is 15.0 Å². The van der Waals surface area contributed by atoms with Crippen LogP contribution in [0.15, 0.2) is 188 Å². The van der Waals surface area contributed by atoms with Crippen molar-refractivity contribution in [3.05, 3.63) is 188 Å². The van der Waals surface area contributed by atoms with Gasteiger partial charge in [-0.05, 0) is 74.8 Å². The first kappa shape index (κ1) is 29.0. The predicted octanol–water partition coefficient (Wildman–Crippen LogP) is 11.5. The SMILES string of the molecule is c1ccc(-c2cccc(-c3nc(-c4cccc(-c5ccccc5)c4)nc(-c4cc(-c5ccccc5)cc(-c5ccccc5)c4)n3)c2)cc1. The van der Waals surface area contributed by atoms with E-state index in [4.69, 9.17) is 15.0 Å². The van der Waals surface area contributed by atoms with Gasteiger partial charge in [-0.1, -0.05) is 158 Å². The molecule has 0 aliphatic carbocycles. The summed E-state index contributed by atoms with van der Waals surface area (Å²) < 4.78 is 0. The Morgan fingerprint density at radius 2 is 0.438 bits per heavy atom. The number of aromatic nitrogens is 3. The molecule has 0 aliphatic rings. The molecule has 0 unspecified atom stereocenters. The molecule has 1 heterocycles. The smallest absolute Gasteiger partial charge is 0.164 e. The number of benzene rings is 7. The fourth-order valence-electron chi connectivity index (χ4n) is 6.05. The highest BCUT2D eigenvalue weighted by Gasteiger charge is 2.16. The lowest BCUT2D eigenvalue weighted by molar-refractivity contribution is 1.07. The van der Waals surface area contributed by atoms with Crippen molar-refractivity contribution in [2.75, 3.05) is 0 Å². The van der Waals surface area contributed by atoms with Gasteiger partial charge >= 0.3 is 0 Å². The summed E-state index contributed by atoms with van der Waals surface area (Å²) in [5.74, 6) is 1.88. The zero-order valence-corrected chi connectivity index (χ0v) is 26.2. The van der Waals surface area contributed by atoms with Gasteiger partial charge in [-0.15, -0.1) is 0 Å². The Labute approximate surface area is 280 Å². The maximum Gasteiger partial charge on any atom is 0.164 e. The molecular formula is C45H31N3. The number of hydrogen-bond acceptors (Lipinski definition) is 3. The normalized spacial score (nSPS) is 10.9. The van der Waals surface area contributed by atoms with E-state index in [0.29, 0.717) is 17.5 Å². The first-order valence-corrected chi connectivity index (χ1v) is 16.1. The highest BCUT2D eigenvalue weighted by molar-refractivity contribution is 5.81. The number of rotatable bonds is 7. The van der Waals surface area contributed by atoms with E-state index >= 15 is 0 Å². The van der Waals surface area contributed by atoms with Crippen LogP contribution in [0.2, 0.25) is 0 Å². The second kappa shape index (κ2) is 13.1. The average Bonchev–Trinajstić information content (AvgIpc) is 3.19. The Balaban J connectivity index is 1.33. The van der Waals surface area contributed by atoms with Crippen LogP contribution in [-0.4, -0.2) is 15.0 Å².